The maximum absolute atomic E-state index is 12.9. The minimum Gasteiger partial charge on any atom is -0.507 e. The van der Waals surface area contributed by atoms with Gasteiger partial charge >= 0.3 is 0 Å². The predicted octanol–water partition coefficient (Wildman–Crippen LogP) is 4.91. The number of Topliss-reactive ketones (excluding diaryl/α,β-unsaturated/α-hetero) is 1. The van der Waals surface area contributed by atoms with Crippen molar-refractivity contribution < 1.29 is 19.1 Å². The number of rotatable bonds is 5. The summed E-state index contributed by atoms with van der Waals surface area (Å²) in [5, 5.41) is 11.4. The summed E-state index contributed by atoms with van der Waals surface area (Å²) in [6, 6.07) is 18.9. The number of aryl methyl sites for hydroxylation is 1. The van der Waals surface area contributed by atoms with Crippen LogP contribution in [0.2, 0.25) is 5.02 Å². The Balaban J connectivity index is 1.76. The summed E-state index contributed by atoms with van der Waals surface area (Å²) in [5.41, 5.74) is 1.48. The molecule has 152 valence electrons. The molecule has 0 radical (unpaired) electrons. The van der Waals surface area contributed by atoms with Crippen LogP contribution in [0, 0.1) is 6.92 Å². The number of halogens is 1. The van der Waals surface area contributed by atoms with E-state index in [1.807, 2.05) is 30.3 Å². The fourth-order valence-electron chi connectivity index (χ4n) is 3.66. The van der Waals surface area contributed by atoms with Crippen LogP contribution in [0.4, 0.5) is 0 Å². The van der Waals surface area contributed by atoms with E-state index in [0.717, 1.165) is 5.56 Å². The van der Waals surface area contributed by atoms with Gasteiger partial charge in [0.1, 0.15) is 23.3 Å². The molecule has 4 rings (SSSR count). The molecule has 1 amide bonds. The summed E-state index contributed by atoms with van der Waals surface area (Å²) in [5.74, 6) is -0.526. The Hall–Kier alpha value is -3.31. The van der Waals surface area contributed by atoms with Crippen molar-refractivity contribution >= 4 is 29.1 Å². The molecule has 30 heavy (non-hydrogen) atoms. The van der Waals surface area contributed by atoms with Crippen LogP contribution in [0.3, 0.4) is 0 Å². The van der Waals surface area contributed by atoms with Crippen LogP contribution in [-0.2, 0) is 16.0 Å². The summed E-state index contributed by atoms with van der Waals surface area (Å²) in [6.07, 6.45) is 0.574. The number of benzene rings is 2. The highest BCUT2D eigenvalue weighted by Crippen LogP contribution is 2.40. The number of amides is 1. The molecule has 2 aromatic carbocycles. The number of carbonyl (C=O) groups excluding carboxylic acids is 2. The van der Waals surface area contributed by atoms with Gasteiger partial charge in [0.15, 0.2) is 0 Å². The smallest absolute Gasteiger partial charge is 0.295 e. The van der Waals surface area contributed by atoms with Crippen LogP contribution in [0.25, 0.3) is 5.76 Å². The van der Waals surface area contributed by atoms with E-state index < -0.39 is 17.7 Å². The van der Waals surface area contributed by atoms with Gasteiger partial charge in [-0.25, -0.2) is 0 Å². The van der Waals surface area contributed by atoms with Crippen LogP contribution >= 0.6 is 11.6 Å². The van der Waals surface area contributed by atoms with Gasteiger partial charge in [0.25, 0.3) is 11.7 Å². The third-order valence-electron chi connectivity index (χ3n) is 5.17. The topological polar surface area (TPSA) is 70.8 Å². The monoisotopic (exact) mass is 421 g/mol. The van der Waals surface area contributed by atoms with Crippen LogP contribution in [0.5, 0.6) is 0 Å². The Kier molecular flexibility index (Phi) is 5.46. The summed E-state index contributed by atoms with van der Waals surface area (Å²) in [7, 11) is 0. The number of aliphatic hydroxyl groups excluding tert-OH is 1. The first-order valence-corrected chi connectivity index (χ1v) is 9.98. The van der Waals surface area contributed by atoms with E-state index in [0.29, 0.717) is 35.1 Å². The second-order valence-electron chi connectivity index (χ2n) is 7.18. The minimum absolute atomic E-state index is 0.0183. The lowest BCUT2D eigenvalue weighted by molar-refractivity contribution is -0.140. The van der Waals surface area contributed by atoms with E-state index in [-0.39, 0.29) is 11.3 Å². The van der Waals surface area contributed by atoms with Gasteiger partial charge in [0.05, 0.1) is 5.57 Å². The third kappa shape index (κ3) is 3.76. The number of furan rings is 1. The van der Waals surface area contributed by atoms with Crippen LogP contribution in [0.15, 0.2) is 76.7 Å². The van der Waals surface area contributed by atoms with Crippen molar-refractivity contribution in [1.82, 2.24) is 4.90 Å². The van der Waals surface area contributed by atoms with Crippen molar-refractivity contribution in [3.63, 3.8) is 0 Å². The maximum Gasteiger partial charge on any atom is 0.295 e. The standard InChI is InChI=1S/C24H20ClNO4/c1-15-7-12-19(30-15)21-20(22(27)17-8-10-18(25)11-9-17)23(28)24(29)26(21)14-13-16-5-3-2-4-6-16/h2-12,21,27H,13-14H2,1H3. The Bertz CT molecular complexity index is 1120. The van der Waals surface area contributed by atoms with Gasteiger partial charge in [-0.15, -0.1) is 0 Å². The minimum atomic E-state index is -0.793. The van der Waals surface area contributed by atoms with Crippen molar-refractivity contribution in [2.45, 2.75) is 19.4 Å². The molecule has 2 heterocycles. The lowest BCUT2D eigenvalue weighted by Crippen LogP contribution is -2.31. The van der Waals surface area contributed by atoms with E-state index in [2.05, 4.69) is 0 Å². The summed E-state index contributed by atoms with van der Waals surface area (Å²) in [6.45, 7) is 2.11. The molecule has 0 bridgehead atoms. The number of nitrogens with zero attached hydrogens (tertiary/aromatic N) is 1. The van der Waals surface area contributed by atoms with Crippen LogP contribution < -0.4 is 0 Å². The molecule has 3 aromatic rings. The molecule has 1 unspecified atom stereocenters. The van der Waals surface area contributed by atoms with Crippen molar-refractivity contribution in [1.29, 1.82) is 0 Å². The number of carbonyl (C=O) groups is 2. The van der Waals surface area contributed by atoms with E-state index in [9.17, 15) is 14.7 Å². The van der Waals surface area contributed by atoms with Gasteiger partial charge in [-0.1, -0.05) is 41.9 Å². The zero-order chi connectivity index (χ0) is 21.3. The van der Waals surface area contributed by atoms with Crippen molar-refractivity contribution in [2.24, 2.45) is 0 Å². The fraction of sp³-hybridized carbons (Fsp3) is 0.167. The van der Waals surface area contributed by atoms with Gasteiger partial charge in [0, 0.05) is 17.1 Å². The number of hydrogen-bond donors (Lipinski definition) is 1. The molecule has 1 saturated heterocycles. The molecule has 0 aliphatic carbocycles. The number of aliphatic hydroxyl groups is 1. The average molecular weight is 422 g/mol. The maximum atomic E-state index is 12.9. The summed E-state index contributed by atoms with van der Waals surface area (Å²) in [4.78, 5) is 27.3. The molecule has 0 spiro atoms. The summed E-state index contributed by atoms with van der Waals surface area (Å²) >= 11 is 5.94. The molecule has 1 aromatic heterocycles. The molecule has 1 atom stereocenters. The van der Waals surface area contributed by atoms with E-state index in [1.165, 1.54) is 4.90 Å². The van der Waals surface area contributed by atoms with Crippen molar-refractivity contribution in [2.75, 3.05) is 6.54 Å². The normalized spacial score (nSPS) is 18.2. The zero-order valence-corrected chi connectivity index (χ0v) is 17.1. The Labute approximate surface area is 179 Å². The third-order valence-corrected chi connectivity index (χ3v) is 5.42. The van der Waals surface area contributed by atoms with Gasteiger partial charge in [-0.2, -0.15) is 0 Å². The fourth-order valence-corrected chi connectivity index (χ4v) is 3.79. The quantitative estimate of drug-likeness (QED) is 0.361. The zero-order valence-electron chi connectivity index (χ0n) is 16.3. The largest absolute Gasteiger partial charge is 0.507 e. The van der Waals surface area contributed by atoms with Crippen LogP contribution in [-0.4, -0.2) is 28.2 Å². The Morgan fingerprint density at radius 3 is 2.37 bits per heavy atom. The average Bonchev–Trinajstić information content (AvgIpc) is 3.28. The predicted molar refractivity (Wildman–Crippen MR) is 114 cm³/mol. The SMILES string of the molecule is Cc1ccc(C2C(=C(O)c3ccc(Cl)cc3)C(=O)C(=O)N2CCc2ccccc2)o1. The molecular formula is C24H20ClNO4. The summed E-state index contributed by atoms with van der Waals surface area (Å²) < 4.78 is 5.77. The molecular weight excluding hydrogens is 402 g/mol. The lowest BCUT2D eigenvalue weighted by atomic mass is 9.99. The molecule has 1 aliphatic rings. The highest BCUT2D eigenvalue weighted by atomic mass is 35.5. The number of hydrogen-bond acceptors (Lipinski definition) is 4. The molecule has 1 aliphatic heterocycles. The second kappa shape index (κ2) is 8.20. The van der Waals surface area contributed by atoms with E-state index >= 15 is 0 Å². The molecule has 6 heteroatoms. The van der Waals surface area contributed by atoms with Gasteiger partial charge in [-0.3, -0.25) is 9.59 Å². The van der Waals surface area contributed by atoms with Crippen LogP contribution in [0.1, 0.15) is 28.7 Å². The Morgan fingerprint density at radius 2 is 1.73 bits per heavy atom. The van der Waals surface area contributed by atoms with Crippen molar-refractivity contribution in [3.8, 4) is 0 Å². The first-order valence-electron chi connectivity index (χ1n) is 9.60. The number of ketones is 1. The number of likely N-dealkylation sites (tertiary alicyclic amines) is 1. The molecule has 0 saturated carbocycles. The Morgan fingerprint density at radius 1 is 1.03 bits per heavy atom. The molecule has 1 N–H and O–H groups in total. The first kappa shape index (κ1) is 20.0. The lowest BCUT2D eigenvalue weighted by Gasteiger charge is -2.23. The van der Waals surface area contributed by atoms with E-state index in [4.69, 9.17) is 16.0 Å². The first-order chi connectivity index (χ1) is 14.5. The molecule has 1 fully saturated rings. The highest BCUT2D eigenvalue weighted by molar-refractivity contribution is 6.46. The van der Waals surface area contributed by atoms with Gasteiger partial charge < -0.3 is 14.4 Å². The molecule has 5 nitrogen and oxygen atoms in total. The van der Waals surface area contributed by atoms with Crippen molar-refractivity contribution in [3.05, 3.63) is 100.0 Å². The second-order valence-corrected chi connectivity index (χ2v) is 7.62. The van der Waals surface area contributed by atoms with Gasteiger partial charge in [-0.05, 0) is 55.3 Å². The van der Waals surface area contributed by atoms with Gasteiger partial charge in [0.2, 0.25) is 0 Å². The van der Waals surface area contributed by atoms with E-state index in [1.54, 1.807) is 43.3 Å². The highest BCUT2D eigenvalue weighted by Gasteiger charge is 2.47.